The third kappa shape index (κ3) is 2.55. The molecule has 0 fully saturated rings. The summed E-state index contributed by atoms with van der Waals surface area (Å²) in [6, 6.07) is 12.3. The summed E-state index contributed by atoms with van der Waals surface area (Å²) >= 11 is 3.33. The van der Waals surface area contributed by atoms with Crippen LogP contribution in [0.1, 0.15) is 15.9 Å². The quantitative estimate of drug-likeness (QED) is 0.511. The van der Waals surface area contributed by atoms with Crippen LogP contribution in [0.4, 0.5) is 0 Å². The minimum atomic E-state index is -0.510. The Morgan fingerprint density at radius 1 is 1.17 bits per heavy atom. The number of ether oxygens (including phenoxy) is 1. The number of aromatic nitrogens is 2. The third-order valence-corrected chi connectivity index (χ3v) is 4.15. The molecule has 3 aromatic rings. The molecule has 3 rings (SSSR count). The molecular weight excluding hydrogens is 360 g/mol. The molecule has 0 atom stereocenters. The fourth-order valence-corrected chi connectivity index (χ4v) is 3.07. The highest BCUT2D eigenvalue weighted by Gasteiger charge is 2.18. The predicted molar refractivity (Wildman–Crippen MR) is 91.1 cm³/mol. The molecule has 0 unspecified atom stereocenters. The van der Waals surface area contributed by atoms with Gasteiger partial charge in [-0.15, -0.1) is 0 Å². The Morgan fingerprint density at radius 2 is 1.91 bits per heavy atom. The van der Waals surface area contributed by atoms with Gasteiger partial charge >= 0.3 is 5.97 Å². The van der Waals surface area contributed by atoms with Crippen LogP contribution in [0.15, 0.2) is 52.0 Å². The monoisotopic (exact) mass is 372 g/mol. The van der Waals surface area contributed by atoms with Crippen LogP contribution < -0.4 is 5.56 Å². The summed E-state index contributed by atoms with van der Waals surface area (Å²) in [5.74, 6) is -0.510. The van der Waals surface area contributed by atoms with E-state index in [1.54, 1.807) is 30.3 Å². The van der Waals surface area contributed by atoms with Crippen LogP contribution >= 0.6 is 15.9 Å². The van der Waals surface area contributed by atoms with Gasteiger partial charge < -0.3 is 4.74 Å². The van der Waals surface area contributed by atoms with Crippen molar-refractivity contribution in [2.24, 2.45) is 0 Å². The van der Waals surface area contributed by atoms with E-state index in [2.05, 4.69) is 20.9 Å². The summed E-state index contributed by atoms with van der Waals surface area (Å²) in [4.78, 5) is 29.4. The molecule has 1 heterocycles. The van der Waals surface area contributed by atoms with Gasteiger partial charge in [-0.25, -0.2) is 9.78 Å². The Hall–Kier alpha value is -2.47. The second-order valence-corrected chi connectivity index (χ2v) is 5.71. The van der Waals surface area contributed by atoms with E-state index < -0.39 is 5.97 Å². The van der Waals surface area contributed by atoms with Crippen molar-refractivity contribution in [3.63, 3.8) is 0 Å². The van der Waals surface area contributed by atoms with Crippen molar-refractivity contribution in [1.29, 1.82) is 0 Å². The maximum atomic E-state index is 13.0. The number of hydrogen-bond donors (Lipinski definition) is 0. The van der Waals surface area contributed by atoms with Crippen molar-refractivity contribution < 1.29 is 9.53 Å². The molecule has 0 radical (unpaired) electrons. The summed E-state index contributed by atoms with van der Waals surface area (Å²) in [6.45, 7) is 1.86. The molecule has 6 heteroatoms. The molecule has 0 saturated heterocycles. The van der Waals surface area contributed by atoms with Gasteiger partial charge in [0.15, 0.2) is 4.73 Å². The number of esters is 1. The molecule has 0 aliphatic rings. The molecule has 116 valence electrons. The molecule has 0 saturated carbocycles. The molecule has 1 aromatic heterocycles. The minimum Gasteiger partial charge on any atom is -0.465 e. The Morgan fingerprint density at radius 3 is 2.65 bits per heavy atom. The van der Waals surface area contributed by atoms with Gasteiger partial charge in [-0.3, -0.25) is 9.36 Å². The number of carbonyl (C=O) groups is 1. The number of benzene rings is 2. The Labute approximate surface area is 140 Å². The van der Waals surface area contributed by atoms with E-state index in [1.165, 1.54) is 11.7 Å². The number of carbonyl (C=O) groups excluding carboxylic acids is 1. The zero-order valence-corrected chi connectivity index (χ0v) is 14.1. The highest BCUT2D eigenvalue weighted by atomic mass is 79.9. The number of para-hydroxylation sites is 1. The van der Waals surface area contributed by atoms with Crippen molar-refractivity contribution in [1.82, 2.24) is 9.55 Å². The van der Waals surface area contributed by atoms with Gasteiger partial charge in [0.05, 0.1) is 29.3 Å². The molecule has 0 amide bonds. The van der Waals surface area contributed by atoms with E-state index in [-0.39, 0.29) is 5.56 Å². The van der Waals surface area contributed by atoms with E-state index >= 15 is 0 Å². The van der Waals surface area contributed by atoms with Gasteiger partial charge in [-0.2, -0.15) is 0 Å². The standard InChI is InChI=1S/C17H13BrN2O3/c1-10-6-5-8-12-14(10)15(21)20(17(18)19-12)13-9-4-3-7-11(13)16(22)23-2/h3-9H,1-2H3. The van der Waals surface area contributed by atoms with Crippen LogP contribution in [-0.4, -0.2) is 22.6 Å². The Kier molecular flexibility index (Phi) is 4.00. The van der Waals surface area contributed by atoms with Gasteiger partial charge in [0.2, 0.25) is 0 Å². The fourth-order valence-electron chi connectivity index (χ4n) is 2.53. The van der Waals surface area contributed by atoms with Gasteiger partial charge in [-0.05, 0) is 46.6 Å². The SMILES string of the molecule is COC(=O)c1ccccc1-n1c(Br)nc2cccc(C)c2c1=O. The van der Waals surface area contributed by atoms with Crippen LogP contribution in [0.5, 0.6) is 0 Å². The first-order valence-corrected chi connectivity index (χ1v) is 7.69. The normalized spacial score (nSPS) is 10.7. The lowest BCUT2D eigenvalue weighted by molar-refractivity contribution is 0.0600. The first kappa shape index (κ1) is 15.4. The molecule has 0 aliphatic heterocycles. The van der Waals surface area contributed by atoms with Gasteiger partial charge in [-0.1, -0.05) is 24.3 Å². The van der Waals surface area contributed by atoms with Crippen molar-refractivity contribution in [3.8, 4) is 5.69 Å². The molecule has 2 aromatic carbocycles. The lowest BCUT2D eigenvalue weighted by Crippen LogP contribution is -2.23. The van der Waals surface area contributed by atoms with E-state index in [0.29, 0.717) is 26.9 Å². The largest absolute Gasteiger partial charge is 0.465 e. The smallest absolute Gasteiger partial charge is 0.339 e. The molecule has 5 nitrogen and oxygen atoms in total. The lowest BCUT2D eigenvalue weighted by Gasteiger charge is -2.13. The minimum absolute atomic E-state index is 0.240. The molecule has 0 N–H and O–H groups in total. The number of aryl methyl sites for hydroxylation is 1. The average molecular weight is 373 g/mol. The van der Waals surface area contributed by atoms with Crippen LogP contribution in [0, 0.1) is 6.92 Å². The van der Waals surface area contributed by atoms with Crippen LogP contribution in [0.2, 0.25) is 0 Å². The highest BCUT2D eigenvalue weighted by molar-refractivity contribution is 9.10. The van der Waals surface area contributed by atoms with E-state index in [9.17, 15) is 9.59 Å². The summed E-state index contributed by atoms with van der Waals surface area (Å²) in [7, 11) is 1.31. The summed E-state index contributed by atoms with van der Waals surface area (Å²) in [5.41, 5.74) is 1.92. The van der Waals surface area contributed by atoms with Gasteiger partial charge in [0, 0.05) is 0 Å². The van der Waals surface area contributed by atoms with Gasteiger partial charge in [0.25, 0.3) is 5.56 Å². The van der Waals surface area contributed by atoms with E-state index in [1.807, 2.05) is 19.1 Å². The number of methoxy groups -OCH3 is 1. The number of hydrogen-bond acceptors (Lipinski definition) is 4. The number of rotatable bonds is 2. The zero-order chi connectivity index (χ0) is 16.6. The third-order valence-electron chi connectivity index (χ3n) is 3.62. The Balaban J connectivity index is 2.41. The molecule has 0 bridgehead atoms. The van der Waals surface area contributed by atoms with Gasteiger partial charge in [0.1, 0.15) is 0 Å². The van der Waals surface area contributed by atoms with Crippen molar-refractivity contribution in [3.05, 3.63) is 68.7 Å². The lowest BCUT2D eigenvalue weighted by atomic mass is 10.1. The summed E-state index contributed by atoms with van der Waals surface area (Å²) in [5, 5.41) is 0.523. The van der Waals surface area contributed by atoms with Crippen molar-refractivity contribution >= 4 is 32.8 Å². The van der Waals surface area contributed by atoms with E-state index in [4.69, 9.17) is 4.74 Å². The summed E-state index contributed by atoms with van der Waals surface area (Å²) < 4.78 is 6.51. The van der Waals surface area contributed by atoms with Crippen LogP contribution in [0.25, 0.3) is 16.6 Å². The van der Waals surface area contributed by atoms with Crippen LogP contribution in [-0.2, 0) is 4.74 Å². The number of nitrogens with zero attached hydrogens (tertiary/aromatic N) is 2. The van der Waals surface area contributed by atoms with E-state index in [0.717, 1.165) is 5.56 Å². The van der Waals surface area contributed by atoms with Crippen LogP contribution in [0.3, 0.4) is 0 Å². The van der Waals surface area contributed by atoms with Crippen molar-refractivity contribution in [2.45, 2.75) is 6.92 Å². The highest BCUT2D eigenvalue weighted by Crippen LogP contribution is 2.21. The molecule has 23 heavy (non-hydrogen) atoms. The first-order chi connectivity index (χ1) is 11.0. The zero-order valence-electron chi connectivity index (χ0n) is 12.5. The predicted octanol–water partition coefficient (Wildman–Crippen LogP) is 3.24. The second-order valence-electron chi connectivity index (χ2n) is 5.00. The summed E-state index contributed by atoms with van der Waals surface area (Å²) in [6.07, 6.45) is 0. The van der Waals surface area contributed by atoms with Crippen molar-refractivity contribution in [2.75, 3.05) is 7.11 Å². The average Bonchev–Trinajstić information content (AvgIpc) is 2.54. The topological polar surface area (TPSA) is 61.2 Å². The maximum Gasteiger partial charge on any atom is 0.339 e. The molecular formula is C17H13BrN2O3. The Bertz CT molecular complexity index is 979. The molecule has 0 aliphatic carbocycles. The fraction of sp³-hybridized carbons (Fsp3) is 0.118. The maximum absolute atomic E-state index is 13.0. The number of fused-ring (bicyclic) bond motifs is 1. The number of halogens is 1. The first-order valence-electron chi connectivity index (χ1n) is 6.90. The second kappa shape index (κ2) is 5.96. The molecule has 0 spiro atoms.